The molecular formula is C14H7ClF3NO. The van der Waals surface area contributed by atoms with E-state index < -0.39 is 17.3 Å². The highest BCUT2D eigenvalue weighted by atomic mass is 35.5. The largest absolute Gasteiger partial charge is 0.456 e. The molecule has 2 aromatic carbocycles. The molecule has 0 aliphatic heterocycles. The number of halogens is 4. The number of nitrogens with zero attached hydrogens (tertiary/aromatic N) is 1. The Morgan fingerprint density at radius 3 is 2.40 bits per heavy atom. The van der Waals surface area contributed by atoms with Gasteiger partial charge in [-0.3, -0.25) is 0 Å². The van der Waals surface area contributed by atoms with Crippen LogP contribution in [0.15, 0.2) is 42.5 Å². The zero-order valence-corrected chi connectivity index (χ0v) is 10.7. The van der Waals surface area contributed by atoms with Crippen LogP contribution in [0.25, 0.3) is 0 Å². The average Bonchev–Trinajstić information content (AvgIpc) is 2.40. The highest BCUT2D eigenvalue weighted by Gasteiger charge is 2.34. The standard InChI is InChI=1S/C14H7ClF3NO/c15-12-3-1-2-4-13(12)20-10-6-5-9(8-19)11(7-10)14(16,17)18/h1-7H. The Kier molecular flexibility index (Phi) is 3.86. The Balaban J connectivity index is 2.40. The van der Waals surface area contributed by atoms with E-state index in [2.05, 4.69) is 0 Å². The van der Waals surface area contributed by atoms with Gasteiger partial charge in [-0.1, -0.05) is 23.7 Å². The zero-order chi connectivity index (χ0) is 14.8. The first-order valence-electron chi connectivity index (χ1n) is 5.45. The fourth-order valence-electron chi connectivity index (χ4n) is 1.57. The molecule has 0 spiro atoms. The summed E-state index contributed by atoms with van der Waals surface area (Å²) in [5.41, 5.74) is -1.49. The predicted octanol–water partition coefficient (Wildman–Crippen LogP) is 5.02. The third-order valence-corrected chi connectivity index (χ3v) is 2.79. The van der Waals surface area contributed by atoms with Crippen LogP contribution in [-0.2, 0) is 6.18 Å². The molecular weight excluding hydrogens is 291 g/mol. The number of nitriles is 1. The minimum absolute atomic E-state index is 0.0376. The van der Waals surface area contributed by atoms with Crippen molar-refractivity contribution >= 4 is 11.6 Å². The van der Waals surface area contributed by atoms with Crippen LogP contribution in [0.1, 0.15) is 11.1 Å². The van der Waals surface area contributed by atoms with Crippen molar-refractivity contribution < 1.29 is 17.9 Å². The van der Waals surface area contributed by atoms with Crippen LogP contribution in [0.5, 0.6) is 11.5 Å². The molecule has 2 rings (SSSR count). The molecule has 0 heterocycles. The number of rotatable bonds is 2. The van der Waals surface area contributed by atoms with E-state index in [4.69, 9.17) is 21.6 Å². The first kappa shape index (κ1) is 14.2. The maximum absolute atomic E-state index is 12.8. The van der Waals surface area contributed by atoms with Gasteiger partial charge in [0.2, 0.25) is 0 Å². The first-order chi connectivity index (χ1) is 9.41. The number of ether oxygens (including phenoxy) is 1. The lowest BCUT2D eigenvalue weighted by Crippen LogP contribution is -2.07. The Morgan fingerprint density at radius 2 is 1.80 bits per heavy atom. The van der Waals surface area contributed by atoms with E-state index >= 15 is 0 Å². The van der Waals surface area contributed by atoms with Gasteiger partial charge in [0.25, 0.3) is 0 Å². The quantitative estimate of drug-likeness (QED) is 0.779. The van der Waals surface area contributed by atoms with Gasteiger partial charge in [0.05, 0.1) is 22.2 Å². The van der Waals surface area contributed by atoms with Gasteiger partial charge in [-0.25, -0.2) is 0 Å². The third-order valence-electron chi connectivity index (χ3n) is 2.48. The van der Waals surface area contributed by atoms with Gasteiger partial charge in [-0.05, 0) is 30.3 Å². The van der Waals surface area contributed by atoms with Crippen LogP contribution in [-0.4, -0.2) is 0 Å². The lowest BCUT2D eigenvalue weighted by Gasteiger charge is -2.12. The smallest absolute Gasteiger partial charge is 0.417 e. The number of para-hydroxylation sites is 1. The number of hydrogen-bond acceptors (Lipinski definition) is 2. The molecule has 0 atom stereocenters. The van der Waals surface area contributed by atoms with E-state index in [1.165, 1.54) is 18.2 Å². The van der Waals surface area contributed by atoms with Gasteiger partial charge in [0, 0.05) is 0 Å². The lowest BCUT2D eigenvalue weighted by atomic mass is 10.1. The van der Waals surface area contributed by atoms with Gasteiger partial charge in [-0.15, -0.1) is 0 Å². The molecule has 0 N–H and O–H groups in total. The molecule has 0 bridgehead atoms. The maximum Gasteiger partial charge on any atom is 0.417 e. The van der Waals surface area contributed by atoms with Crippen LogP contribution in [0, 0.1) is 11.3 Å². The summed E-state index contributed by atoms with van der Waals surface area (Å²) in [6.07, 6.45) is -4.62. The molecule has 0 saturated heterocycles. The van der Waals surface area contributed by atoms with Crippen LogP contribution in [0.2, 0.25) is 5.02 Å². The van der Waals surface area contributed by atoms with Gasteiger partial charge >= 0.3 is 6.18 Å². The summed E-state index contributed by atoms with van der Waals surface area (Å²) in [4.78, 5) is 0. The SMILES string of the molecule is N#Cc1ccc(Oc2ccccc2Cl)cc1C(F)(F)F. The first-order valence-corrected chi connectivity index (χ1v) is 5.83. The Labute approximate surface area is 118 Å². The van der Waals surface area contributed by atoms with Gasteiger partial charge in [0.15, 0.2) is 0 Å². The molecule has 2 nitrogen and oxygen atoms in total. The summed E-state index contributed by atoms with van der Waals surface area (Å²) in [6, 6.07) is 11.1. The summed E-state index contributed by atoms with van der Waals surface area (Å²) in [6.45, 7) is 0. The summed E-state index contributed by atoms with van der Waals surface area (Å²) in [7, 11) is 0. The van der Waals surface area contributed by atoms with Crippen molar-refractivity contribution in [3.8, 4) is 17.6 Å². The molecule has 0 amide bonds. The second-order valence-electron chi connectivity index (χ2n) is 3.85. The van der Waals surface area contributed by atoms with Crippen molar-refractivity contribution in [3.63, 3.8) is 0 Å². The molecule has 2 aromatic rings. The van der Waals surface area contributed by atoms with Gasteiger partial charge in [0.1, 0.15) is 11.5 Å². The van der Waals surface area contributed by atoms with E-state index in [0.717, 1.165) is 12.1 Å². The highest BCUT2D eigenvalue weighted by Crippen LogP contribution is 2.36. The average molecular weight is 298 g/mol. The number of hydrogen-bond donors (Lipinski definition) is 0. The molecule has 6 heteroatoms. The lowest BCUT2D eigenvalue weighted by molar-refractivity contribution is -0.137. The molecule has 0 aromatic heterocycles. The summed E-state index contributed by atoms with van der Waals surface area (Å²) in [5.74, 6) is 0.205. The Morgan fingerprint density at radius 1 is 1.10 bits per heavy atom. The zero-order valence-electron chi connectivity index (χ0n) is 9.91. The van der Waals surface area contributed by atoms with E-state index in [9.17, 15) is 13.2 Å². The fraction of sp³-hybridized carbons (Fsp3) is 0.0714. The molecule has 0 fully saturated rings. The van der Waals surface area contributed by atoms with Crippen molar-refractivity contribution in [1.29, 1.82) is 5.26 Å². The molecule has 0 aliphatic carbocycles. The molecule has 0 saturated carbocycles. The van der Waals surface area contributed by atoms with Crippen molar-refractivity contribution in [2.75, 3.05) is 0 Å². The minimum atomic E-state index is -4.62. The van der Waals surface area contributed by atoms with E-state index in [1.54, 1.807) is 18.2 Å². The molecule has 0 aliphatic rings. The highest BCUT2D eigenvalue weighted by molar-refractivity contribution is 6.32. The van der Waals surface area contributed by atoms with Crippen molar-refractivity contribution in [3.05, 3.63) is 58.6 Å². The van der Waals surface area contributed by atoms with Crippen LogP contribution >= 0.6 is 11.6 Å². The van der Waals surface area contributed by atoms with Crippen molar-refractivity contribution in [2.24, 2.45) is 0 Å². The van der Waals surface area contributed by atoms with Gasteiger partial charge in [-0.2, -0.15) is 18.4 Å². The van der Waals surface area contributed by atoms with Crippen LogP contribution in [0.3, 0.4) is 0 Å². The van der Waals surface area contributed by atoms with Crippen molar-refractivity contribution in [1.82, 2.24) is 0 Å². The summed E-state index contributed by atoms with van der Waals surface area (Å²) in [5, 5.41) is 8.98. The second kappa shape index (κ2) is 5.43. The normalized spacial score (nSPS) is 10.9. The molecule has 0 radical (unpaired) electrons. The molecule has 20 heavy (non-hydrogen) atoms. The fourth-order valence-corrected chi connectivity index (χ4v) is 1.75. The number of benzene rings is 2. The van der Waals surface area contributed by atoms with Crippen LogP contribution in [0.4, 0.5) is 13.2 Å². The van der Waals surface area contributed by atoms with Gasteiger partial charge < -0.3 is 4.74 Å². The second-order valence-corrected chi connectivity index (χ2v) is 4.26. The predicted molar refractivity (Wildman–Crippen MR) is 67.7 cm³/mol. The Bertz CT molecular complexity index is 677. The van der Waals surface area contributed by atoms with E-state index in [0.29, 0.717) is 0 Å². The summed E-state index contributed by atoms with van der Waals surface area (Å²) < 4.78 is 43.7. The molecule has 102 valence electrons. The summed E-state index contributed by atoms with van der Waals surface area (Å²) >= 11 is 5.86. The van der Waals surface area contributed by atoms with E-state index in [-0.39, 0.29) is 16.5 Å². The molecule has 0 unspecified atom stereocenters. The monoisotopic (exact) mass is 297 g/mol. The maximum atomic E-state index is 12.8. The number of alkyl halides is 3. The Hall–Kier alpha value is -2.19. The van der Waals surface area contributed by atoms with E-state index in [1.807, 2.05) is 0 Å². The minimum Gasteiger partial charge on any atom is -0.456 e. The van der Waals surface area contributed by atoms with Crippen molar-refractivity contribution in [2.45, 2.75) is 6.18 Å². The topological polar surface area (TPSA) is 33.0 Å². The van der Waals surface area contributed by atoms with Crippen LogP contribution < -0.4 is 4.74 Å². The third kappa shape index (κ3) is 3.03.